The highest BCUT2D eigenvalue weighted by atomic mass is 16.5. The Balaban J connectivity index is 1.69. The molecular weight excluding hydrogens is 314 g/mol. The van der Waals surface area contributed by atoms with Crippen LogP contribution in [0.4, 0.5) is 5.82 Å². The molecule has 0 spiro atoms. The maximum atomic E-state index is 12.4. The summed E-state index contributed by atoms with van der Waals surface area (Å²) < 4.78 is 7.08. The molecule has 1 aromatic heterocycles. The lowest BCUT2D eigenvalue weighted by Crippen LogP contribution is -2.18. The van der Waals surface area contributed by atoms with E-state index in [-0.39, 0.29) is 12.3 Å². The van der Waals surface area contributed by atoms with Gasteiger partial charge in [0.1, 0.15) is 11.6 Å². The lowest BCUT2D eigenvalue weighted by molar-refractivity contribution is -0.115. The van der Waals surface area contributed by atoms with Gasteiger partial charge in [-0.2, -0.15) is 5.10 Å². The van der Waals surface area contributed by atoms with Crippen molar-refractivity contribution in [2.24, 2.45) is 0 Å². The minimum atomic E-state index is -0.101. The normalized spacial score (nSPS) is 10.5. The number of anilines is 1. The van der Waals surface area contributed by atoms with E-state index in [1.165, 1.54) is 5.56 Å². The molecule has 5 nitrogen and oxygen atoms in total. The second-order valence-corrected chi connectivity index (χ2v) is 5.90. The zero-order chi connectivity index (χ0) is 17.6. The van der Waals surface area contributed by atoms with Crippen molar-refractivity contribution in [1.29, 1.82) is 0 Å². The molecule has 1 N–H and O–H groups in total. The highest BCUT2D eigenvalue weighted by Crippen LogP contribution is 2.18. The van der Waals surface area contributed by atoms with Gasteiger partial charge in [0.05, 0.1) is 26.3 Å². The molecule has 0 fully saturated rings. The van der Waals surface area contributed by atoms with Crippen molar-refractivity contribution in [3.63, 3.8) is 0 Å². The number of para-hydroxylation sites is 1. The quantitative estimate of drug-likeness (QED) is 0.751. The molecule has 3 rings (SSSR count). The van der Waals surface area contributed by atoms with Gasteiger partial charge in [-0.1, -0.05) is 48.0 Å². The van der Waals surface area contributed by atoms with Crippen LogP contribution in [0, 0.1) is 6.92 Å². The van der Waals surface area contributed by atoms with Crippen molar-refractivity contribution in [2.45, 2.75) is 19.9 Å². The molecule has 2 aromatic carbocycles. The van der Waals surface area contributed by atoms with E-state index >= 15 is 0 Å². The van der Waals surface area contributed by atoms with Crippen molar-refractivity contribution in [3.05, 3.63) is 77.5 Å². The number of aromatic nitrogens is 2. The number of amides is 1. The number of carbonyl (C=O) groups excluding carboxylic acids is 1. The van der Waals surface area contributed by atoms with Gasteiger partial charge in [-0.25, -0.2) is 4.68 Å². The first-order valence-corrected chi connectivity index (χ1v) is 8.15. The summed E-state index contributed by atoms with van der Waals surface area (Å²) in [6.45, 7) is 2.67. The number of hydrogen-bond acceptors (Lipinski definition) is 3. The van der Waals surface area contributed by atoms with Crippen LogP contribution in [0.5, 0.6) is 5.75 Å². The number of rotatable bonds is 6. The van der Waals surface area contributed by atoms with Crippen LogP contribution in [0.25, 0.3) is 0 Å². The van der Waals surface area contributed by atoms with Crippen LogP contribution in [-0.4, -0.2) is 22.8 Å². The summed E-state index contributed by atoms with van der Waals surface area (Å²) in [5.74, 6) is 1.29. The van der Waals surface area contributed by atoms with E-state index in [4.69, 9.17) is 4.74 Å². The van der Waals surface area contributed by atoms with E-state index in [9.17, 15) is 4.79 Å². The van der Waals surface area contributed by atoms with Gasteiger partial charge in [0.2, 0.25) is 5.91 Å². The average Bonchev–Trinajstić information content (AvgIpc) is 3.02. The Bertz CT molecular complexity index is 871. The number of ether oxygens (including phenoxy) is 1. The Kier molecular flexibility index (Phi) is 5.14. The predicted octanol–water partition coefficient (Wildman–Crippen LogP) is 3.43. The maximum absolute atomic E-state index is 12.4. The van der Waals surface area contributed by atoms with Crippen molar-refractivity contribution in [1.82, 2.24) is 9.78 Å². The van der Waals surface area contributed by atoms with Gasteiger partial charge in [-0.3, -0.25) is 4.79 Å². The third-order valence-electron chi connectivity index (χ3n) is 3.94. The van der Waals surface area contributed by atoms with Crippen molar-refractivity contribution in [2.75, 3.05) is 12.4 Å². The number of nitrogens with zero attached hydrogens (tertiary/aromatic N) is 2. The molecule has 1 heterocycles. The van der Waals surface area contributed by atoms with Crippen LogP contribution < -0.4 is 10.1 Å². The molecular formula is C20H21N3O2. The third-order valence-corrected chi connectivity index (χ3v) is 3.94. The number of hydrogen-bond donors (Lipinski definition) is 1. The number of aryl methyl sites for hydroxylation is 1. The number of methoxy groups -OCH3 is 1. The number of nitrogens with one attached hydrogen (secondary N) is 1. The van der Waals surface area contributed by atoms with E-state index in [0.717, 1.165) is 11.1 Å². The lowest BCUT2D eigenvalue weighted by Gasteiger charge is -2.11. The van der Waals surface area contributed by atoms with Crippen molar-refractivity contribution < 1.29 is 9.53 Å². The molecule has 0 saturated heterocycles. The lowest BCUT2D eigenvalue weighted by atomic mass is 10.1. The summed E-state index contributed by atoms with van der Waals surface area (Å²) in [7, 11) is 1.60. The van der Waals surface area contributed by atoms with Crippen LogP contribution in [-0.2, 0) is 17.8 Å². The Hall–Kier alpha value is -3.08. The molecule has 0 bridgehead atoms. The Morgan fingerprint density at radius 2 is 2.00 bits per heavy atom. The van der Waals surface area contributed by atoms with Gasteiger partial charge in [0.25, 0.3) is 0 Å². The van der Waals surface area contributed by atoms with Crippen LogP contribution in [0.15, 0.2) is 60.8 Å². The summed E-state index contributed by atoms with van der Waals surface area (Å²) in [5.41, 5.74) is 3.20. The summed E-state index contributed by atoms with van der Waals surface area (Å²) >= 11 is 0. The highest BCUT2D eigenvalue weighted by molar-refractivity contribution is 5.91. The van der Waals surface area contributed by atoms with Crippen molar-refractivity contribution >= 4 is 11.7 Å². The average molecular weight is 335 g/mol. The highest BCUT2D eigenvalue weighted by Gasteiger charge is 2.11. The van der Waals surface area contributed by atoms with Gasteiger partial charge in [0.15, 0.2) is 0 Å². The molecule has 5 heteroatoms. The minimum Gasteiger partial charge on any atom is -0.496 e. The number of carbonyl (C=O) groups is 1. The van der Waals surface area contributed by atoms with Gasteiger partial charge in [-0.05, 0) is 18.6 Å². The summed E-state index contributed by atoms with van der Waals surface area (Å²) in [5, 5.41) is 7.24. The SMILES string of the molecule is COc1ccccc1CC(=O)Nc1ccnn1Cc1cccc(C)c1. The molecule has 25 heavy (non-hydrogen) atoms. The predicted molar refractivity (Wildman–Crippen MR) is 97.8 cm³/mol. The fourth-order valence-electron chi connectivity index (χ4n) is 2.76. The smallest absolute Gasteiger partial charge is 0.230 e. The molecule has 1 amide bonds. The molecule has 0 radical (unpaired) electrons. The first-order chi connectivity index (χ1) is 12.2. The molecule has 0 saturated carbocycles. The fraction of sp³-hybridized carbons (Fsp3) is 0.200. The molecule has 0 unspecified atom stereocenters. The van der Waals surface area contributed by atoms with Crippen LogP contribution in [0.2, 0.25) is 0 Å². The maximum Gasteiger partial charge on any atom is 0.230 e. The summed E-state index contributed by atoms with van der Waals surface area (Å²) in [6, 6.07) is 17.6. The van der Waals surface area contributed by atoms with E-state index in [2.05, 4.69) is 35.5 Å². The zero-order valence-electron chi connectivity index (χ0n) is 14.4. The first kappa shape index (κ1) is 16.8. The molecule has 0 atom stereocenters. The van der Waals surface area contributed by atoms with E-state index in [1.807, 2.05) is 30.3 Å². The Labute approximate surface area is 147 Å². The molecule has 128 valence electrons. The molecule has 0 aliphatic heterocycles. The van der Waals surface area contributed by atoms with Gasteiger partial charge in [-0.15, -0.1) is 0 Å². The number of benzene rings is 2. The van der Waals surface area contributed by atoms with Crippen molar-refractivity contribution in [3.8, 4) is 5.75 Å². The zero-order valence-corrected chi connectivity index (χ0v) is 14.4. The molecule has 0 aliphatic rings. The van der Waals surface area contributed by atoms with Gasteiger partial charge >= 0.3 is 0 Å². The second-order valence-electron chi connectivity index (χ2n) is 5.90. The van der Waals surface area contributed by atoms with Crippen LogP contribution >= 0.6 is 0 Å². The monoisotopic (exact) mass is 335 g/mol. The molecule has 0 aliphatic carbocycles. The Morgan fingerprint density at radius 1 is 1.16 bits per heavy atom. The van der Waals surface area contributed by atoms with E-state index in [0.29, 0.717) is 18.1 Å². The molecule has 3 aromatic rings. The standard InChI is InChI=1S/C20H21N3O2/c1-15-6-5-7-16(12-15)14-23-19(10-11-21-23)22-20(24)13-17-8-3-4-9-18(17)25-2/h3-12H,13-14H2,1-2H3,(H,22,24). The van der Waals surface area contributed by atoms with E-state index < -0.39 is 0 Å². The van der Waals surface area contributed by atoms with Gasteiger partial charge < -0.3 is 10.1 Å². The largest absolute Gasteiger partial charge is 0.496 e. The van der Waals surface area contributed by atoms with Crippen LogP contribution in [0.3, 0.4) is 0 Å². The summed E-state index contributed by atoms with van der Waals surface area (Å²) in [4.78, 5) is 12.4. The summed E-state index contributed by atoms with van der Waals surface area (Å²) in [6.07, 6.45) is 1.94. The topological polar surface area (TPSA) is 56.1 Å². The third kappa shape index (κ3) is 4.26. The van der Waals surface area contributed by atoms with Crippen LogP contribution in [0.1, 0.15) is 16.7 Å². The first-order valence-electron chi connectivity index (χ1n) is 8.15. The minimum absolute atomic E-state index is 0.101. The van der Waals surface area contributed by atoms with Gasteiger partial charge in [0, 0.05) is 11.6 Å². The fourth-order valence-corrected chi connectivity index (χ4v) is 2.76. The Morgan fingerprint density at radius 3 is 2.80 bits per heavy atom. The second kappa shape index (κ2) is 7.66. The van der Waals surface area contributed by atoms with E-state index in [1.54, 1.807) is 24.1 Å².